The summed E-state index contributed by atoms with van der Waals surface area (Å²) in [6.07, 6.45) is -5.48. The van der Waals surface area contributed by atoms with Crippen molar-refractivity contribution in [3.8, 4) is 0 Å². The molecule has 0 saturated carbocycles. The van der Waals surface area contributed by atoms with E-state index in [9.17, 15) is 52.2 Å². The number of alkyl halides is 3. The number of benzene rings is 3. The van der Waals surface area contributed by atoms with Crippen LogP contribution in [0.15, 0.2) is 72.8 Å². The Morgan fingerprint density at radius 3 is 1.30 bits per heavy atom. The molecule has 10 rings (SSSR count). The Morgan fingerprint density at radius 2 is 0.968 bits per heavy atom. The van der Waals surface area contributed by atoms with Gasteiger partial charge in [-0.3, -0.25) is 39.6 Å². The first-order valence-electron chi connectivity index (χ1n) is 21.1. The first kappa shape index (κ1) is 43.6. The van der Waals surface area contributed by atoms with E-state index >= 15 is 0 Å². The van der Waals surface area contributed by atoms with Gasteiger partial charge in [-0.1, -0.05) is 62.4 Å². The number of imide groups is 2. The fourth-order valence-corrected chi connectivity index (χ4v) is 12.8. The van der Waals surface area contributed by atoms with Crippen LogP contribution >= 0.6 is 0 Å². The van der Waals surface area contributed by atoms with E-state index in [0.29, 0.717) is 79.6 Å². The molecule has 6 amide bonds. The highest BCUT2D eigenvalue weighted by molar-refractivity contribution is 6.01. The second-order valence-corrected chi connectivity index (χ2v) is 18.0. The molecule has 4 aliphatic carbocycles. The van der Waals surface area contributed by atoms with Gasteiger partial charge in [0, 0.05) is 53.5 Å². The summed E-state index contributed by atoms with van der Waals surface area (Å²) in [6.45, 7) is 4.03. The Hall–Kier alpha value is -6.01. The molecule has 3 aromatic rings. The van der Waals surface area contributed by atoms with Gasteiger partial charge >= 0.3 is 18.4 Å². The second-order valence-electron chi connectivity index (χ2n) is 18.0. The molecule has 3 aromatic carbocycles. The number of carboxylic acid groups (broad SMARTS) is 2. The van der Waals surface area contributed by atoms with Crippen LogP contribution < -0.4 is 27.0 Å². The molecular weight excluding hydrogens is 824 g/mol. The van der Waals surface area contributed by atoms with Crippen molar-refractivity contribution in [1.29, 1.82) is 0 Å². The highest BCUT2D eigenvalue weighted by atomic mass is 19.4. The van der Waals surface area contributed by atoms with Crippen molar-refractivity contribution < 1.29 is 52.2 Å². The molecule has 18 heteroatoms. The average Bonchev–Trinajstić information content (AvgIpc) is 3.98. The molecule has 4 bridgehead atoms. The minimum absolute atomic E-state index is 0.293. The molecule has 0 spiro atoms. The molecule has 0 aromatic heterocycles. The summed E-state index contributed by atoms with van der Waals surface area (Å²) in [4.78, 5) is 85.9. The lowest BCUT2D eigenvalue weighted by molar-refractivity contribution is -0.144. The van der Waals surface area contributed by atoms with E-state index in [0.717, 1.165) is 12.1 Å². The quantitative estimate of drug-likeness (QED) is 0.156. The smallest absolute Gasteiger partial charge is 0.416 e. The van der Waals surface area contributed by atoms with E-state index in [4.69, 9.17) is 11.5 Å². The molecule has 3 aliphatic heterocycles. The summed E-state index contributed by atoms with van der Waals surface area (Å²) in [7, 11) is 0. The van der Waals surface area contributed by atoms with Crippen LogP contribution in [0.4, 0.5) is 28.4 Å². The third kappa shape index (κ3) is 6.46. The zero-order chi connectivity index (χ0) is 45.4. The van der Waals surface area contributed by atoms with Gasteiger partial charge in [-0.25, -0.2) is 9.59 Å². The summed E-state index contributed by atoms with van der Waals surface area (Å²) in [5.74, 6) is -3.16. The Labute approximate surface area is 360 Å². The second kappa shape index (κ2) is 15.4. The number of primary amides is 2. The number of carbonyl (C=O) groups is 6. The molecule has 8 atom stereocenters. The van der Waals surface area contributed by atoms with Crippen molar-refractivity contribution in [2.24, 2.45) is 11.5 Å². The van der Waals surface area contributed by atoms with Crippen LogP contribution in [-0.4, -0.2) is 93.1 Å². The van der Waals surface area contributed by atoms with Gasteiger partial charge in [0.05, 0.1) is 5.56 Å². The van der Waals surface area contributed by atoms with Crippen LogP contribution in [0.1, 0.15) is 93.0 Å². The summed E-state index contributed by atoms with van der Waals surface area (Å²) in [5, 5.41) is 24.2. The third-order valence-corrected chi connectivity index (χ3v) is 14.9. The largest absolute Gasteiger partial charge is 0.465 e. The van der Waals surface area contributed by atoms with E-state index < -0.39 is 93.6 Å². The average molecular weight is 874 g/mol. The number of rotatable bonds is 11. The lowest BCUT2D eigenvalue weighted by atomic mass is 9.56. The maximum absolute atomic E-state index is 14.8. The first-order valence-corrected chi connectivity index (χ1v) is 21.1. The van der Waals surface area contributed by atoms with Gasteiger partial charge in [-0.05, 0) is 98.1 Å². The Balaban J connectivity index is 1.29. The third-order valence-electron chi connectivity index (χ3n) is 14.9. The minimum atomic E-state index is -4.64. The van der Waals surface area contributed by atoms with Crippen LogP contribution in [0.5, 0.6) is 0 Å². The summed E-state index contributed by atoms with van der Waals surface area (Å²) >= 11 is 0. The normalized spacial score (nSPS) is 31.3. The predicted octanol–water partition coefficient (Wildman–Crippen LogP) is 4.64. The van der Waals surface area contributed by atoms with Gasteiger partial charge in [0.25, 0.3) is 11.8 Å². The van der Waals surface area contributed by atoms with Gasteiger partial charge in [-0.2, -0.15) is 13.2 Å². The van der Waals surface area contributed by atoms with Crippen molar-refractivity contribution in [1.82, 2.24) is 20.4 Å². The molecule has 7 aliphatic rings. The van der Waals surface area contributed by atoms with Crippen LogP contribution in [0, 0.1) is 0 Å². The molecule has 3 fully saturated rings. The molecular formula is C45H50F3N7O8. The Morgan fingerprint density at radius 1 is 0.603 bits per heavy atom. The van der Waals surface area contributed by atoms with Gasteiger partial charge in [0.1, 0.15) is 11.1 Å². The van der Waals surface area contributed by atoms with Crippen molar-refractivity contribution in [2.45, 2.75) is 117 Å². The van der Waals surface area contributed by atoms with Gasteiger partial charge in [0.15, 0.2) is 0 Å². The molecule has 0 radical (unpaired) electrons. The molecule has 15 nitrogen and oxygen atoms in total. The Kier molecular flexibility index (Phi) is 10.6. The first-order chi connectivity index (χ1) is 29.7. The zero-order valence-electron chi connectivity index (χ0n) is 34.8. The molecule has 3 saturated heterocycles. The Bertz CT molecular complexity index is 2230. The fraction of sp³-hybridized carbons (Fsp3) is 0.467. The number of nitrogens with zero attached hydrogens (tertiary/aromatic N) is 3. The van der Waals surface area contributed by atoms with Crippen LogP contribution in [0.25, 0.3) is 0 Å². The summed E-state index contributed by atoms with van der Waals surface area (Å²) in [6, 6.07) is 16.7. The molecule has 4 unspecified atom stereocenters. The van der Waals surface area contributed by atoms with Gasteiger partial charge in [-0.15, -0.1) is 0 Å². The molecule has 8 N–H and O–H groups in total. The van der Waals surface area contributed by atoms with E-state index in [2.05, 4.69) is 15.5 Å². The highest BCUT2D eigenvalue weighted by Gasteiger charge is 2.67. The standard InChI is InChI=1S/C45H50F3N7O8/c1-41(23-35(49)56)25-7-11-27(12-8-25)43(41,37(58)51-39(60)61)53-21-3-5-31(53)33-19-20-34(55(33)30-17-15-29(16-18-30)45(46,47)48)32-6-4-22-54(32)44(38(59)52-40(62)63)28-13-9-26(10-14-28)42(44,2)24-36(50)57/h7-18,31-34H,3-6,19-24H2,1-2H3,(H2,49,56)(H2,50,57)(H,51,58)(H,52,59)(H,60,61)(H,62,63)/t31?,32?,33-,34-,41?,42?,43+,44+/m0/s1. The summed E-state index contributed by atoms with van der Waals surface area (Å²) in [5.41, 5.74) is 7.22. The number of nitrogens with one attached hydrogen (secondary N) is 2. The van der Waals surface area contributed by atoms with Crippen LogP contribution in [-0.2, 0) is 47.3 Å². The SMILES string of the molecule is CC1(CC(N)=O)c2ccc(cc2)[C@]1(C(=O)NC(=O)O)N1CCCC1[C@@H]1CC[C@@H](C2CCCN2[C@@]2(C(=O)NC(=O)O)c3ccc(cc3)C2(C)CC(N)=O)N1c1ccc(C(F)(F)F)cc1. The van der Waals surface area contributed by atoms with Crippen molar-refractivity contribution >= 4 is 41.5 Å². The number of hydrogen-bond donors (Lipinski definition) is 6. The van der Waals surface area contributed by atoms with E-state index in [1.54, 1.807) is 62.4 Å². The highest BCUT2D eigenvalue weighted by Crippen LogP contribution is 2.58. The number of likely N-dealkylation sites (tertiary alicyclic amines) is 2. The number of amides is 6. The number of nitrogens with two attached hydrogens (primary N) is 2. The van der Waals surface area contributed by atoms with Crippen molar-refractivity contribution in [3.05, 3.63) is 101 Å². The van der Waals surface area contributed by atoms with Crippen molar-refractivity contribution in [3.63, 3.8) is 0 Å². The fourth-order valence-electron chi connectivity index (χ4n) is 12.8. The lowest BCUT2D eigenvalue weighted by Gasteiger charge is -2.58. The number of hydrogen-bond acceptors (Lipinski definition) is 9. The molecule has 3 heterocycles. The van der Waals surface area contributed by atoms with Gasteiger partial charge in [0.2, 0.25) is 11.8 Å². The zero-order valence-corrected chi connectivity index (χ0v) is 34.8. The molecule has 334 valence electrons. The lowest BCUT2D eigenvalue weighted by Crippen LogP contribution is -2.72. The van der Waals surface area contributed by atoms with E-state index in [1.807, 2.05) is 9.80 Å². The van der Waals surface area contributed by atoms with Crippen molar-refractivity contribution in [2.75, 3.05) is 18.0 Å². The predicted molar refractivity (Wildman–Crippen MR) is 221 cm³/mol. The maximum Gasteiger partial charge on any atom is 0.416 e. The number of halogens is 3. The minimum Gasteiger partial charge on any atom is -0.465 e. The number of fused-ring (bicyclic) bond motifs is 6. The maximum atomic E-state index is 14.8. The summed E-state index contributed by atoms with van der Waals surface area (Å²) < 4.78 is 42.2. The van der Waals surface area contributed by atoms with Crippen LogP contribution in [0.3, 0.4) is 0 Å². The number of anilines is 1. The van der Waals surface area contributed by atoms with Gasteiger partial charge < -0.3 is 26.6 Å². The molecule has 63 heavy (non-hydrogen) atoms. The monoisotopic (exact) mass is 873 g/mol. The number of carbonyl (C=O) groups excluding carboxylic acids is 4. The topological polar surface area (TPSA) is 229 Å². The van der Waals surface area contributed by atoms with Crippen LogP contribution in [0.2, 0.25) is 0 Å². The van der Waals surface area contributed by atoms with E-state index in [-0.39, 0.29) is 12.8 Å². The van der Waals surface area contributed by atoms with E-state index in [1.165, 1.54) is 12.1 Å².